The van der Waals surface area contributed by atoms with E-state index in [1.165, 1.54) is 6.92 Å². The Morgan fingerprint density at radius 2 is 1.94 bits per heavy atom. The minimum Gasteiger partial charge on any atom is -0.457 e. The Bertz CT molecular complexity index is 1160. The van der Waals surface area contributed by atoms with E-state index in [-0.39, 0.29) is 37.4 Å². The molecule has 0 aliphatic carbocycles. The molecule has 266 valence electrons. The lowest BCUT2D eigenvalue weighted by atomic mass is 9.88. The van der Waals surface area contributed by atoms with Gasteiger partial charge >= 0.3 is 18.0 Å². The molecular weight excluding hydrogens is 608 g/mol. The molecule has 1 amide bonds. The molecule has 3 heterocycles. The first kappa shape index (κ1) is 38.7. The highest BCUT2D eigenvalue weighted by atomic mass is 16.6. The number of ether oxygens (including phenoxy) is 4. The molecule has 3 aliphatic rings. The van der Waals surface area contributed by atoms with Gasteiger partial charge in [-0.15, -0.1) is 0 Å². The monoisotopic (exact) mass is 664 g/mol. The summed E-state index contributed by atoms with van der Waals surface area (Å²) in [5.74, 6) is -1.57. The van der Waals surface area contributed by atoms with Gasteiger partial charge in [0.15, 0.2) is 6.10 Å². The van der Waals surface area contributed by atoms with Crippen LogP contribution < -0.4 is 5.32 Å². The first-order valence-corrected chi connectivity index (χ1v) is 16.9. The molecule has 0 aromatic rings. The molecule has 0 aromatic carbocycles. The highest BCUT2D eigenvalue weighted by molar-refractivity contribution is 5.71. The van der Waals surface area contributed by atoms with Gasteiger partial charge in [0, 0.05) is 51.4 Å². The number of hydrogen-bond donors (Lipinski definition) is 4. The molecule has 0 radical (unpaired) electrons. The fourth-order valence-electron chi connectivity index (χ4n) is 6.26. The molecule has 0 saturated carbocycles. The molecule has 0 spiro atoms. The Hall–Kier alpha value is -2.77. The number of epoxide rings is 1. The largest absolute Gasteiger partial charge is 0.457 e. The van der Waals surface area contributed by atoms with Crippen molar-refractivity contribution in [2.45, 2.75) is 128 Å². The number of aliphatic hydroxyl groups excluding tert-OH is 2. The molecule has 2 fully saturated rings. The van der Waals surface area contributed by atoms with Crippen LogP contribution in [0.4, 0.5) is 4.79 Å². The van der Waals surface area contributed by atoms with Crippen LogP contribution >= 0.6 is 0 Å². The molecule has 47 heavy (non-hydrogen) atoms. The van der Waals surface area contributed by atoms with Gasteiger partial charge in [0.05, 0.1) is 36.4 Å². The standard InChI is InChI=1S/C35H56N2O10/c1-8-27(40)24(4)32-28(44-32)21-34(6,43)14-9-10-22(2)31-23(3)11-12-29(45-33(42)37-18-16-36-17-19-37)35(7,47-25(5)38)15-13-26(39)20-30(41)46-31/h9-12,14,23-24,26-29,31-32,36,39-40,43H,8,13,15-21H2,1-7H3/b12-11+,14-9+,22-10+/t23-,24?,26+,27?,28+,29-,31+,32+,34?,35+/m0/s1. The Balaban J connectivity index is 1.82. The van der Waals surface area contributed by atoms with Gasteiger partial charge in [-0.25, -0.2) is 4.79 Å². The highest BCUT2D eigenvalue weighted by Gasteiger charge is 2.47. The van der Waals surface area contributed by atoms with Crippen LogP contribution in [-0.4, -0.2) is 112 Å². The van der Waals surface area contributed by atoms with Crippen molar-refractivity contribution in [2.75, 3.05) is 26.2 Å². The zero-order valence-corrected chi connectivity index (χ0v) is 29.0. The molecule has 12 heteroatoms. The summed E-state index contributed by atoms with van der Waals surface area (Å²) in [6.07, 6.45) is 5.54. The second kappa shape index (κ2) is 17.1. The average Bonchev–Trinajstić information content (AvgIpc) is 3.77. The van der Waals surface area contributed by atoms with Crippen LogP contribution in [0.5, 0.6) is 0 Å². The van der Waals surface area contributed by atoms with Crippen molar-refractivity contribution in [3.05, 3.63) is 36.0 Å². The number of cyclic esters (lactones) is 1. The number of carbonyl (C=O) groups excluding carboxylic acids is 3. The summed E-state index contributed by atoms with van der Waals surface area (Å²) in [4.78, 5) is 39.9. The predicted octanol–water partition coefficient (Wildman–Crippen LogP) is 3.19. The number of esters is 2. The molecule has 4 N–H and O–H groups in total. The first-order valence-electron chi connectivity index (χ1n) is 16.9. The molecule has 2 saturated heterocycles. The van der Waals surface area contributed by atoms with Crippen molar-refractivity contribution < 1.29 is 48.7 Å². The molecule has 0 bridgehead atoms. The molecule has 3 unspecified atom stereocenters. The van der Waals surface area contributed by atoms with Gasteiger partial charge in [0.2, 0.25) is 0 Å². The third kappa shape index (κ3) is 11.7. The second-order valence-corrected chi connectivity index (χ2v) is 13.8. The summed E-state index contributed by atoms with van der Waals surface area (Å²) in [5, 5.41) is 35.1. The lowest BCUT2D eigenvalue weighted by Crippen LogP contribution is -2.51. The number of allylic oxidation sites excluding steroid dienone is 2. The summed E-state index contributed by atoms with van der Waals surface area (Å²) < 4.78 is 23.3. The summed E-state index contributed by atoms with van der Waals surface area (Å²) in [7, 11) is 0. The second-order valence-electron chi connectivity index (χ2n) is 13.8. The summed E-state index contributed by atoms with van der Waals surface area (Å²) in [6.45, 7) is 14.4. The van der Waals surface area contributed by atoms with Gasteiger partial charge in [0.1, 0.15) is 11.7 Å². The molecule has 10 atom stereocenters. The number of carbonyl (C=O) groups is 3. The van der Waals surface area contributed by atoms with Gasteiger partial charge in [-0.3, -0.25) is 9.59 Å². The Morgan fingerprint density at radius 1 is 1.26 bits per heavy atom. The molecule has 0 aromatic heterocycles. The smallest absolute Gasteiger partial charge is 0.410 e. The maximum Gasteiger partial charge on any atom is 0.410 e. The Kier molecular flexibility index (Phi) is 14.0. The van der Waals surface area contributed by atoms with E-state index < -0.39 is 59.6 Å². The van der Waals surface area contributed by atoms with Crippen molar-refractivity contribution in [3.63, 3.8) is 0 Å². The van der Waals surface area contributed by atoms with E-state index in [2.05, 4.69) is 5.32 Å². The molecule has 3 rings (SSSR count). The lowest BCUT2D eigenvalue weighted by molar-refractivity contribution is -0.168. The van der Waals surface area contributed by atoms with Crippen molar-refractivity contribution >= 4 is 18.0 Å². The molecule has 3 aliphatic heterocycles. The van der Waals surface area contributed by atoms with Crippen LogP contribution in [0.3, 0.4) is 0 Å². The van der Waals surface area contributed by atoms with Crippen molar-refractivity contribution in [2.24, 2.45) is 11.8 Å². The maximum atomic E-state index is 13.2. The van der Waals surface area contributed by atoms with Gasteiger partial charge < -0.3 is 44.5 Å². The van der Waals surface area contributed by atoms with E-state index in [0.29, 0.717) is 44.6 Å². The molecule has 12 nitrogen and oxygen atoms in total. The number of nitrogens with zero attached hydrogens (tertiary/aromatic N) is 1. The number of piperazine rings is 1. The maximum absolute atomic E-state index is 13.2. The summed E-state index contributed by atoms with van der Waals surface area (Å²) in [5.41, 5.74) is -1.79. The number of hydrogen-bond acceptors (Lipinski definition) is 11. The van der Waals surface area contributed by atoms with Gasteiger partial charge in [-0.05, 0) is 51.7 Å². The topological polar surface area (TPSA) is 167 Å². The van der Waals surface area contributed by atoms with E-state index in [0.717, 1.165) is 0 Å². The lowest BCUT2D eigenvalue weighted by Gasteiger charge is -2.37. The number of aliphatic hydroxyl groups is 3. The number of amides is 1. The number of rotatable bonds is 10. The van der Waals surface area contributed by atoms with Gasteiger partial charge in [-0.1, -0.05) is 45.1 Å². The number of nitrogens with one attached hydrogen (secondary N) is 1. The van der Waals surface area contributed by atoms with Gasteiger partial charge in [0.25, 0.3) is 0 Å². The van der Waals surface area contributed by atoms with Crippen LogP contribution in [0.25, 0.3) is 0 Å². The summed E-state index contributed by atoms with van der Waals surface area (Å²) in [6, 6.07) is 0. The van der Waals surface area contributed by atoms with Gasteiger partial charge in [-0.2, -0.15) is 0 Å². The fraction of sp³-hybridized carbons (Fsp3) is 0.743. The van der Waals surface area contributed by atoms with Crippen LogP contribution in [0.1, 0.15) is 80.6 Å². The van der Waals surface area contributed by atoms with E-state index in [4.69, 9.17) is 18.9 Å². The highest BCUT2D eigenvalue weighted by Crippen LogP contribution is 2.37. The third-order valence-corrected chi connectivity index (χ3v) is 9.33. The minimum atomic E-state index is -1.30. The normalized spacial score (nSPS) is 34.2. The van der Waals surface area contributed by atoms with E-state index >= 15 is 0 Å². The molecular formula is C35H56N2O10. The van der Waals surface area contributed by atoms with E-state index in [9.17, 15) is 29.7 Å². The fourth-order valence-corrected chi connectivity index (χ4v) is 6.26. The first-order chi connectivity index (χ1) is 22.0. The van der Waals surface area contributed by atoms with E-state index in [1.807, 2.05) is 27.7 Å². The van der Waals surface area contributed by atoms with Crippen LogP contribution in [0.2, 0.25) is 0 Å². The van der Waals surface area contributed by atoms with Crippen molar-refractivity contribution in [1.82, 2.24) is 10.2 Å². The SMILES string of the molecule is CCC(O)C(C)[C@H]1O[C@@H]1CC(C)(O)/C=C/C=C(\C)[C@H]1OC(=O)C[C@H](O)CC[C@@](C)(OC(C)=O)[C@@H](OC(=O)N2CCNCC2)/C=C/[C@@H]1C. The Morgan fingerprint density at radius 3 is 2.57 bits per heavy atom. The van der Waals surface area contributed by atoms with Crippen molar-refractivity contribution in [1.29, 1.82) is 0 Å². The van der Waals surface area contributed by atoms with Crippen molar-refractivity contribution in [3.8, 4) is 0 Å². The predicted molar refractivity (Wildman–Crippen MR) is 175 cm³/mol. The van der Waals surface area contributed by atoms with Crippen LogP contribution in [0.15, 0.2) is 36.0 Å². The zero-order chi connectivity index (χ0) is 34.9. The average molecular weight is 665 g/mol. The van der Waals surface area contributed by atoms with Crippen LogP contribution in [-0.2, 0) is 28.5 Å². The van der Waals surface area contributed by atoms with Crippen LogP contribution in [0, 0.1) is 11.8 Å². The quantitative estimate of drug-likeness (QED) is 0.0891. The zero-order valence-electron chi connectivity index (χ0n) is 29.0. The Labute approximate surface area is 279 Å². The summed E-state index contributed by atoms with van der Waals surface area (Å²) >= 11 is 0. The minimum absolute atomic E-state index is 0.0205. The van der Waals surface area contributed by atoms with E-state index in [1.54, 1.807) is 49.1 Å². The third-order valence-electron chi connectivity index (χ3n) is 9.33.